The highest BCUT2D eigenvalue weighted by Gasteiger charge is 2.11. The average molecular weight is 228 g/mol. The smallest absolute Gasteiger partial charge is 0.153 e. The molecule has 0 spiro atoms. The summed E-state index contributed by atoms with van der Waals surface area (Å²) >= 11 is 0. The maximum absolute atomic E-state index is 11.0. The SMILES string of the molecule is CCc1ccc(CC)c(-c2[nH]ncc2C=O)c1. The standard InChI is InChI=1S/C14H16N2O/c1-3-10-5-6-11(4-2)13(7-10)14-12(9-17)8-15-16-14/h5-9H,3-4H2,1-2H3,(H,15,16). The normalized spacial score (nSPS) is 10.5. The number of nitrogens with one attached hydrogen (secondary N) is 1. The van der Waals surface area contributed by atoms with Crippen LogP contribution in [0.3, 0.4) is 0 Å². The van der Waals surface area contributed by atoms with Gasteiger partial charge in [-0.15, -0.1) is 0 Å². The monoisotopic (exact) mass is 228 g/mol. The topological polar surface area (TPSA) is 45.8 Å². The molecule has 1 aromatic carbocycles. The molecule has 3 nitrogen and oxygen atoms in total. The molecule has 0 unspecified atom stereocenters. The molecule has 0 aliphatic rings. The molecule has 0 atom stereocenters. The van der Waals surface area contributed by atoms with Gasteiger partial charge in [-0.2, -0.15) is 5.10 Å². The fourth-order valence-electron chi connectivity index (χ4n) is 1.99. The number of aldehydes is 1. The number of rotatable bonds is 4. The van der Waals surface area contributed by atoms with Gasteiger partial charge in [0.25, 0.3) is 0 Å². The summed E-state index contributed by atoms with van der Waals surface area (Å²) in [5.41, 5.74) is 5.03. The van der Waals surface area contributed by atoms with E-state index in [2.05, 4.69) is 42.2 Å². The number of hydrogen-bond donors (Lipinski definition) is 1. The van der Waals surface area contributed by atoms with E-state index < -0.39 is 0 Å². The Labute approximate surface area is 101 Å². The van der Waals surface area contributed by atoms with E-state index >= 15 is 0 Å². The zero-order chi connectivity index (χ0) is 12.3. The van der Waals surface area contributed by atoms with E-state index in [9.17, 15) is 4.79 Å². The van der Waals surface area contributed by atoms with Crippen molar-refractivity contribution < 1.29 is 4.79 Å². The Morgan fingerprint density at radius 2 is 2.12 bits per heavy atom. The zero-order valence-electron chi connectivity index (χ0n) is 10.2. The Morgan fingerprint density at radius 1 is 1.29 bits per heavy atom. The van der Waals surface area contributed by atoms with Crippen LogP contribution in [0.2, 0.25) is 0 Å². The highest BCUT2D eigenvalue weighted by Crippen LogP contribution is 2.26. The van der Waals surface area contributed by atoms with Crippen LogP contribution in [-0.2, 0) is 12.8 Å². The molecule has 0 aliphatic heterocycles. The molecule has 3 heteroatoms. The summed E-state index contributed by atoms with van der Waals surface area (Å²) in [6.45, 7) is 4.24. The van der Waals surface area contributed by atoms with E-state index in [1.807, 2.05) is 0 Å². The molecule has 1 heterocycles. The number of aromatic nitrogens is 2. The van der Waals surface area contributed by atoms with Crippen molar-refractivity contribution in [2.24, 2.45) is 0 Å². The average Bonchev–Trinajstić information content (AvgIpc) is 2.86. The van der Waals surface area contributed by atoms with E-state index in [1.165, 1.54) is 11.1 Å². The van der Waals surface area contributed by atoms with Crippen molar-refractivity contribution in [3.63, 3.8) is 0 Å². The lowest BCUT2D eigenvalue weighted by atomic mass is 9.97. The second-order valence-corrected chi connectivity index (χ2v) is 4.02. The van der Waals surface area contributed by atoms with Crippen LogP contribution < -0.4 is 0 Å². The van der Waals surface area contributed by atoms with Crippen LogP contribution in [0, 0.1) is 0 Å². The lowest BCUT2D eigenvalue weighted by Gasteiger charge is -2.09. The highest BCUT2D eigenvalue weighted by atomic mass is 16.1. The van der Waals surface area contributed by atoms with Crippen LogP contribution in [0.5, 0.6) is 0 Å². The lowest BCUT2D eigenvalue weighted by molar-refractivity contribution is 0.112. The van der Waals surface area contributed by atoms with Gasteiger partial charge in [-0.25, -0.2) is 0 Å². The quantitative estimate of drug-likeness (QED) is 0.817. The molecule has 0 saturated heterocycles. The highest BCUT2D eigenvalue weighted by molar-refractivity contribution is 5.86. The van der Waals surface area contributed by atoms with Gasteiger partial charge in [0.1, 0.15) is 0 Å². The minimum absolute atomic E-state index is 0.618. The molecule has 0 radical (unpaired) electrons. The summed E-state index contributed by atoms with van der Waals surface area (Å²) in [6.07, 6.45) is 4.34. The van der Waals surface area contributed by atoms with Crippen molar-refractivity contribution >= 4 is 6.29 Å². The molecule has 0 fully saturated rings. The largest absolute Gasteiger partial charge is 0.298 e. The molecule has 0 aliphatic carbocycles. The number of aromatic amines is 1. The summed E-state index contributed by atoms with van der Waals surface area (Å²) in [4.78, 5) is 11.0. The van der Waals surface area contributed by atoms with E-state index in [0.717, 1.165) is 30.4 Å². The number of benzene rings is 1. The van der Waals surface area contributed by atoms with Crippen LogP contribution >= 0.6 is 0 Å². The van der Waals surface area contributed by atoms with E-state index in [1.54, 1.807) is 6.20 Å². The maximum Gasteiger partial charge on any atom is 0.153 e. The summed E-state index contributed by atoms with van der Waals surface area (Å²) in [7, 11) is 0. The van der Waals surface area contributed by atoms with Crippen molar-refractivity contribution in [2.75, 3.05) is 0 Å². The van der Waals surface area contributed by atoms with Crippen LogP contribution in [0.15, 0.2) is 24.4 Å². The molecule has 0 bridgehead atoms. The van der Waals surface area contributed by atoms with Gasteiger partial charge >= 0.3 is 0 Å². The fraction of sp³-hybridized carbons (Fsp3) is 0.286. The Balaban J connectivity index is 2.59. The third-order valence-electron chi connectivity index (χ3n) is 3.03. The number of hydrogen-bond acceptors (Lipinski definition) is 2. The minimum atomic E-state index is 0.618. The summed E-state index contributed by atoms with van der Waals surface area (Å²) in [6, 6.07) is 6.40. The third kappa shape index (κ3) is 2.13. The van der Waals surface area contributed by atoms with Gasteiger partial charge in [0.2, 0.25) is 0 Å². The Bertz CT molecular complexity index is 529. The molecule has 2 rings (SSSR count). The molecule has 1 N–H and O–H groups in total. The van der Waals surface area contributed by atoms with E-state index in [4.69, 9.17) is 0 Å². The predicted molar refractivity (Wildman–Crippen MR) is 68.2 cm³/mol. The zero-order valence-corrected chi connectivity index (χ0v) is 10.2. The molecule has 0 amide bonds. The summed E-state index contributed by atoms with van der Waals surface area (Å²) in [5.74, 6) is 0. The molecular formula is C14H16N2O. The summed E-state index contributed by atoms with van der Waals surface area (Å²) < 4.78 is 0. The molecule has 17 heavy (non-hydrogen) atoms. The lowest BCUT2D eigenvalue weighted by Crippen LogP contribution is -1.93. The first-order valence-electron chi connectivity index (χ1n) is 5.90. The van der Waals surface area contributed by atoms with Crippen molar-refractivity contribution in [2.45, 2.75) is 26.7 Å². The van der Waals surface area contributed by atoms with Crippen LogP contribution in [0.25, 0.3) is 11.3 Å². The molecule has 0 saturated carbocycles. The van der Waals surface area contributed by atoms with Gasteiger partial charge in [0.15, 0.2) is 6.29 Å². The second kappa shape index (κ2) is 4.95. The van der Waals surface area contributed by atoms with Crippen molar-refractivity contribution in [1.29, 1.82) is 0 Å². The van der Waals surface area contributed by atoms with Gasteiger partial charge in [0, 0.05) is 5.56 Å². The molecule has 1 aromatic heterocycles. The first-order chi connectivity index (χ1) is 8.30. The Kier molecular flexibility index (Phi) is 3.38. The molecule has 88 valence electrons. The van der Waals surface area contributed by atoms with Crippen LogP contribution in [0.4, 0.5) is 0 Å². The number of carbonyl (C=O) groups excluding carboxylic acids is 1. The number of carbonyl (C=O) groups is 1. The first kappa shape index (κ1) is 11.6. The van der Waals surface area contributed by atoms with E-state index in [-0.39, 0.29) is 0 Å². The second-order valence-electron chi connectivity index (χ2n) is 4.02. The van der Waals surface area contributed by atoms with Crippen molar-refractivity contribution in [1.82, 2.24) is 10.2 Å². The summed E-state index contributed by atoms with van der Waals surface area (Å²) in [5, 5.41) is 6.86. The van der Waals surface area contributed by atoms with Crippen LogP contribution in [-0.4, -0.2) is 16.5 Å². The van der Waals surface area contributed by atoms with Gasteiger partial charge in [-0.1, -0.05) is 26.0 Å². The number of H-pyrrole nitrogens is 1. The Morgan fingerprint density at radius 3 is 2.76 bits per heavy atom. The minimum Gasteiger partial charge on any atom is -0.298 e. The maximum atomic E-state index is 11.0. The van der Waals surface area contributed by atoms with Gasteiger partial charge in [-0.05, 0) is 30.0 Å². The third-order valence-corrected chi connectivity index (χ3v) is 3.03. The number of nitrogens with zero attached hydrogens (tertiary/aromatic N) is 1. The van der Waals surface area contributed by atoms with Gasteiger partial charge in [-0.3, -0.25) is 9.89 Å². The van der Waals surface area contributed by atoms with Crippen molar-refractivity contribution in [3.8, 4) is 11.3 Å². The fourth-order valence-corrected chi connectivity index (χ4v) is 1.99. The predicted octanol–water partition coefficient (Wildman–Crippen LogP) is 3.01. The Hall–Kier alpha value is -1.90. The van der Waals surface area contributed by atoms with Gasteiger partial charge < -0.3 is 0 Å². The van der Waals surface area contributed by atoms with E-state index in [0.29, 0.717) is 5.56 Å². The van der Waals surface area contributed by atoms with Crippen molar-refractivity contribution in [3.05, 3.63) is 41.1 Å². The molecular weight excluding hydrogens is 212 g/mol. The molecule has 2 aromatic rings. The van der Waals surface area contributed by atoms with Crippen LogP contribution in [0.1, 0.15) is 35.3 Å². The first-order valence-corrected chi connectivity index (χ1v) is 5.90. The van der Waals surface area contributed by atoms with Gasteiger partial charge in [0.05, 0.1) is 17.5 Å². The number of aryl methyl sites for hydroxylation is 2.